The van der Waals surface area contributed by atoms with Crippen molar-refractivity contribution >= 4 is 16.7 Å². The van der Waals surface area contributed by atoms with E-state index >= 15 is 0 Å². The first-order valence-electron chi connectivity index (χ1n) is 6.04. The van der Waals surface area contributed by atoms with Gasteiger partial charge in [0.1, 0.15) is 11.0 Å². The zero-order valence-corrected chi connectivity index (χ0v) is 11.5. The van der Waals surface area contributed by atoms with E-state index < -0.39 is 11.0 Å². The van der Waals surface area contributed by atoms with Crippen LogP contribution in [0.5, 0.6) is 0 Å². The molecule has 0 saturated heterocycles. The second kappa shape index (κ2) is 4.73. The van der Waals surface area contributed by atoms with Crippen LogP contribution in [0.15, 0.2) is 34.7 Å². The molecule has 1 aromatic carbocycles. The van der Waals surface area contributed by atoms with Crippen LogP contribution in [0, 0.1) is 5.92 Å². The third-order valence-electron chi connectivity index (χ3n) is 2.74. The Labute approximate surface area is 106 Å². The molecule has 3 heteroatoms. The third-order valence-corrected chi connectivity index (χ3v) is 4.15. The minimum Gasteiger partial charge on any atom is -0.234 e. The van der Waals surface area contributed by atoms with E-state index in [-0.39, 0.29) is 4.75 Å². The molecule has 0 spiro atoms. The Morgan fingerprint density at radius 1 is 1.24 bits per heavy atom. The fraction of sp³-hybridized carbons (Fsp3) is 0.500. The van der Waals surface area contributed by atoms with Crippen LogP contribution in [0.2, 0.25) is 0 Å². The van der Waals surface area contributed by atoms with Crippen LogP contribution in [0.25, 0.3) is 0 Å². The average molecular weight is 249 g/mol. The first-order chi connectivity index (χ1) is 7.98. The van der Waals surface area contributed by atoms with Crippen molar-refractivity contribution < 1.29 is 4.21 Å². The molecule has 1 fully saturated rings. The lowest BCUT2D eigenvalue weighted by molar-refractivity contribution is 0.650. The summed E-state index contributed by atoms with van der Waals surface area (Å²) < 4.78 is 16.3. The summed E-state index contributed by atoms with van der Waals surface area (Å²) in [6, 6.07) is 10.1. The molecule has 1 atom stereocenters. The van der Waals surface area contributed by atoms with E-state index in [1.807, 2.05) is 39.0 Å². The van der Waals surface area contributed by atoms with Gasteiger partial charge < -0.3 is 0 Å². The summed E-state index contributed by atoms with van der Waals surface area (Å²) in [4.78, 5) is 0. The van der Waals surface area contributed by atoms with Crippen molar-refractivity contribution in [1.82, 2.24) is 0 Å². The SMILES string of the molecule is CC(C)(C)[S@](=O)N=C(c1ccccc1)C1CC1. The van der Waals surface area contributed by atoms with Gasteiger partial charge in [0.25, 0.3) is 0 Å². The van der Waals surface area contributed by atoms with Crippen molar-refractivity contribution in [2.75, 3.05) is 0 Å². The van der Waals surface area contributed by atoms with Crippen molar-refractivity contribution in [3.8, 4) is 0 Å². The van der Waals surface area contributed by atoms with Gasteiger partial charge in [0.2, 0.25) is 0 Å². The molecule has 1 aliphatic rings. The highest BCUT2D eigenvalue weighted by Crippen LogP contribution is 2.34. The minimum absolute atomic E-state index is 0.283. The molecule has 0 heterocycles. The van der Waals surface area contributed by atoms with Gasteiger partial charge in [-0.2, -0.15) is 4.40 Å². The highest BCUT2D eigenvalue weighted by atomic mass is 32.2. The molecule has 0 radical (unpaired) electrons. The molecule has 2 rings (SSSR count). The van der Waals surface area contributed by atoms with E-state index in [0.29, 0.717) is 5.92 Å². The van der Waals surface area contributed by atoms with Crippen LogP contribution < -0.4 is 0 Å². The van der Waals surface area contributed by atoms with Gasteiger partial charge in [0.15, 0.2) is 0 Å². The van der Waals surface area contributed by atoms with Gasteiger partial charge in [-0.05, 0) is 39.2 Å². The fourth-order valence-electron chi connectivity index (χ4n) is 1.55. The number of hydrogen-bond acceptors (Lipinski definition) is 1. The molecule has 2 nitrogen and oxygen atoms in total. The predicted molar refractivity (Wildman–Crippen MR) is 73.6 cm³/mol. The van der Waals surface area contributed by atoms with Crippen LogP contribution in [0.1, 0.15) is 39.2 Å². The van der Waals surface area contributed by atoms with Crippen molar-refractivity contribution in [2.45, 2.75) is 38.4 Å². The van der Waals surface area contributed by atoms with Gasteiger partial charge in [-0.25, -0.2) is 4.21 Å². The highest BCUT2D eigenvalue weighted by Gasteiger charge is 2.30. The summed E-state index contributed by atoms with van der Waals surface area (Å²) in [6.07, 6.45) is 2.35. The Morgan fingerprint density at radius 3 is 2.29 bits per heavy atom. The maximum absolute atomic E-state index is 12.1. The number of benzene rings is 1. The molecule has 0 amide bonds. The standard InChI is InChI=1S/C14H19NOS/c1-14(2,3)17(16)15-13(12-9-10-12)11-7-5-4-6-8-11/h4-8,12H,9-10H2,1-3H3/t17-/m0/s1. The topological polar surface area (TPSA) is 29.4 Å². The average Bonchev–Trinajstić information content (AvgIpc) is 3.09. The summed E-state index contributed by atoms with van der Waals surface area (Å²) in [5.74, 6) is 0.517. The van der Waals surface area contributed by atoms with Crippen LogP contribution in [0.4, 0.5) is 0 Å². The minimum atomic E-state index is -1.16. The monoisotopic (exact) mass is 249 g/mol. The zero-order valence-electron chi connectivity index (χ0n) is 10.6. The van der Waals surface area contributed by atoms with Crippen molar-refractivity contribution in [3.63, 3.8) is 0 Å². The van der Waals surface area contributed by atoms with Gasteiger partial charge in [-0.3, -0.25) is 0 Å². The van der Waals surface area contributed by atoms with E-state index in [1.165, 1.54) is 12.8 Å². The molecular formula is C14H19NOS. The second-order valence-electron chi connectivity index (χ2n) is 5.48. The van der Waals surface area contributed by atoms with E-state index in [2.05, 4.69) is 16.5 Å². The van der Waals surface area contributed by atoms with E-state index in [0.717, 1.165) is 11.3 Å². The van der Waals surface area contributed by atoms with Gasteiger partial charge >= 0.3 is 0 Å². The largest absolute Gasteiger partial charge is 0.234 e. The van der Waals surface area contributed by atoms with Crippen LogP contribution in [-0.2, 0) is 11.0 Å². The molecule has 1 aliphatic carbocycles. The molecule has 1 saturated carbocycles. The third kappa shape index (κ3) is 3.25. The van der Waals surface area contributed by atoms with Gasteiger partial charge in [0.05, 0.1) is 10.5 Å². The maximum Gasteiger partial charge on any atom is 0.145 e. The quantitative estimate of drug-likeness (QED) is 0.755. The molecule has 92 valence electrons. The summed E-state index contributed by atoms with van der Waals surface area (Å²) in [7, 11) is -1.16. The molecule has 0 bridgehead atoms. The molecule has 0 aromatic heterocycles. The van der Waals surface area contributed by atoms with Gasteiger partial charge in [-0.1, -0.05) is 30.3 Å². The van der Waals surface area contributed by atoms with E-state index in [1.54, 1.807) is 0 Å². The Kier molecular flexibility index (Phi) is 3.48. The normalized spacial score (nSPS) is 19.1. The lowest BCUT2D eigenvalue weighted by atomic mass is 10.1. The van der Waals surface area contributed by atoms with E-state index in [4.69, 9.17) is 0 Å². The maximum atomic E-state index is 12.1. The molecule has 1 aromatic rings. The number of nitrogens with zero attached hydrogens (tertiary/aromatic N) is 1. The first kappa shape index (κ1) is 12.5. The smallest absolute Gasteiger partial charge is 0.145 e. The summed E-state index contributed by atoms with van der Waals surface area (Å²) in [5.41, 5.74) is 2.14. The second-order valence-corrected chi connectivity index (χ2v) is 7.38. The Balaban J connectivity index is 2.31. The van der Waals surface area contributed by atoms with Crippen LogP contribution in [-0.4, -0.2) is 14.7 Å². The Morgan fingerprint density at radius 2 is 1.82 bits per heavy atom. The van der Waals surface area contributed by atoms with Crippen molar-refractivity contribution in [1.29, 1.82) is 0 Å². The highest BCUT2D eigenvalue weighted by molar-refractivity contribution is 7.85. The summed E-state index contributed by atoms with van der Waals surface area (Å²) in [5, 5.41) is 0. The van der Waals surface area contributed by atoms with Crippen LogP contribution in [0.3, 0.4) is 0 Å². The van der Waals surface area contributed by atoms with Crippen LogP contribution >= 0.6 is 0 Å². The first-order valence-corrected chi connectivity index (χ1v) is 7.15. The van der Waals surface area contributed by atoms with Crippen molar-refractivity contribution in [2.24, 2.45) is 10.3 Å². The number of rotatable bonds is 3. The molecule has 17 heavy (non-hydrogen) atoms. The summed E-state index contributed by atoms with van der Waals surface area (Å²) >= 11 is 0. The summed E-state index contributed by atoms with van der Waals surface area (Å²) in [6.45, 7) is 5.88. The fourth-order valence-corrected chi connectivity index (χ4v) is 2.26. The Hall–Kier alpha value is -0.960. The molecule has 0 unspecified atom stereocenters. The zero-order chi connectivity index (χ0) is 12.5. The van der Waals surface area contributed by atoms with Crippen molar-refractivity contribution in [3.05, 3.63) is 35.9 Å². The molecule has 0 N–H and O–H groups in total. The molecule has 0 aliphatic heterocycles. The lowest BCUT2D eigenvalue weighted by Gasteiger charge is -2.15. The molecular weight excluding hydrogens is 230 g/mol. The lowest BCUT2D eigenvalue weighted by Crippen LogP contribution is -2.21. The van der Waals surface area contributed by atoms with Gasteiger partial charge in [0, 0.05) is 5.92 Å². The Bertz CT molecular complexity index is 441. The number of hydrogen-bond donors (Lipinski definition) is 0. The van der Waals surface area contributed by atoms with Gasteiger partial charge in [-0.15, -0.1) is 0 Å². The van der Waals surface area contributed by atoms with E-state index in [9.17, 15) is 4.21 Å². The predicted octanol–water partition coefficient (Wildman–Crippen LogP) is 3.35.